The molecule has 9 nitrogen and oxygen atoms in total. The molecule has 5 rings (SSSR count). The van der Waals surface area contributed by atoms with Gasteiger partial charge in [-0.15, -0.1) is 5.10 Å². The number of carbonyl (C=O) groups is 1. The Morgan fingerprint density at radius 3 is 2.30 bits per heavy atom. The van der Waals surface area contributed by atoms with Crippen LogP contribution in [0.4, 0.5) is 11.8 Å². The van der Waals surface area contributed by atoms with Crippen LogP contribution in [0, 0.1) is 0 Å². The van der Waals surface area contributed by atoms with Gasteiger partial charge in [0.1, 0.15) is 11.6 Å². The molecule has 2 aromatic heterocycles. The molecule has 1 fully saturated rings. The normalized spacial score (nSPS) is 14.0. The number of hydrogen-bond donors (Lipinski definition) is 1. The number of benzene rings is 2. The molecular formula is C24H25N7O2. The summed E-state index contributed by atoms with van der Waals surface area (Å²) in [5.41, 5.74) is 9.60. The number of piperazine rings is 1. The second kappa shape index (κ2) is 8.42. The van der Waals surface area contributed by atoms with Gasteiger partial charge in [0.15, 0.2) is 5.65 Å². The van der Waals surface area contributed by atoms with Gasteiger partial charge in [-0.1, -0.05) is 30.3 Å². The van der Waals surface area contributed by atoms with E-state index in [-0.39, 0.29) is 5.91 Å². The third kappa shape index (κ3) is 3.82. The van der Waals surface area contributed by atoms with Crippen molar-refractivity contribution in [3.8, 4) is 22.7 Å². The Bertz CT molecular complexity index is 1290. The molecule has 2 N–H and O–H groups in total. The highest BCUT2D eigenvalue weighted by Crippen LogP contribution is 2.33. The van der Waals surface area contributed by atoms with Crippen LogP contribution in [0.3, 0.4) is 0 Å². The first-order valence-electron chi connectivity index (χ1n) is 10.8. The first-order valence-corrected chi connectivity index (χ1v) is 10.8. The Labute approximate surface area is 191 Å². The molecule has 0 bridgehead atoms. The maximum absolute atomic E-state index is 11.7. The highest BCUT2D eigenvalue weighted by Gasteiger charge is 2.24. The fraction of sp³-hybridized carbons (Fsp3) is 0.250. The summed E-state index contributed by atoms with van der Waals surface area (Å²) >= 11 is 0. The lowest BCUT2D eigenvalue weighted by Crippen LogP contribution is -2.48. The zero-order chi connectivity index (χ0) is 22.9. The van der Waals surface area contributed by atoms with Crippen LogP contribution in [-0.4, -0.2) is 63.8 Å². The fourth-order valence-corrected chi connectivity index (χ4v) is 4.09. The first kappa shape index (κ1) is 20.7. The minimum Gasteiger partial charge on any atom is -0.497 e. The second-order valence-corrected chi connectivity index (χ2v) is 7.93. The van der Waals surface area contributed by atoms with Crippen molar-refractivity contribution >= 4 is 28.7 Å². The number of methoxy groups -OCH3 is 1. The molecule has 1 saturated heterocycles. The van der Waals surface area contributed by atoms with Crippen molar-refractivity contribution in [2.75, 3.05) is 43.9 Å². The van der Waals surface area contributed by atoms with Crippen LogP contribution in [-0.2, 0) is 4.79 Å². The number of nitrogens with two attached hydrogens (primary N) is 1. The zero-order valence-corrected chi connectivity index (χ0v) is 18.6. The molecule has 0 atom stereocenters. The minimum absolute atomic E-state index is 0.0852. The Hall–Kier alpha value is -4.14. The van der Waals surface area contributed by atoms with Crippen LogP contribution in [0.25, 0.3) is 28.0 Å². The quantitative estimate of drug-likeness (QED) is 0.517. The smallest absolute Gasteiger partial charge is 0.228 e. The molecule has 0 saturated carbocycles. The van der Waals surface area contributed by atoms with Crippen molar-refractivity contribution in [3.05, 3.63) is 54.6 Å². The van der Waals surface area contributed by atoms with Crippen molar-refractivity contribution in [2.45, 2.75) is 6.92 Å². The van der Waals surface area contributed by atoms with Gasteiger partial charge in [0.05, 0.1) is 23.9 Å². The lowest BCUT2D eigenvalue weighted by Gasteiger charge is -2.34. The van der Waals surface area contributed by atoms with E-state index in [4.69, 9.17) is 25.5 Å². The van der Waals surface area contributed by atoms with E-state index in [1.807, 2.05) is 59.5 Å². The number of hydrogen-bond acceptors (Lipinski definition) is 7. The maximum atomic E-state index is 11.7. The summed E-state index contributed by atoms with van der Waals surface area (Å²) in [5, 5.41) is 5.44. The molecule has 1 amide bonds. The van der Waals surface area contributed by atoms with Crippen LogP contribution in [0.15, 0.2) is 54.6 Å². The second-order valence-electron chi connectivity index (χ2n) is 7.93. The topological polar surface area (TPSA) is 102 Å². The number of aromatic nitrogens is 4. The van der Waals surface area contributed by atoms with Crippen molar-refractivity contribution in [3.63, 3.8) is 0 Å². The Balaban J connectivity index is 1.62. The molecule has 1 aliphatic rings. The van der Waals surface area contributed by atoms with Gasteiger partial charge in [-0.05, 0) is 24.3 Å². The summed E-state index contributed by atoms with van der Waals surface area (Å²) in [4.78, 5) is 25.3. The molecule has 168 valence electrons. The number of nitrogens with zero attached hydrogens (tertiary/aromatic N) is 6. The lowest BCUT2D eigenvalue weighted by molar-refractivity contribution is -0.129. The molecule has 0 spiro atoms. The number of amides is 1. The van der Waals surface area contributed by atoms with Crippen molar-refractivity contribution in [2.24, 2.45) is 0 Å². The largest absolute Gasteiger partial charge is 0.497 e. The maximum Gasteiger partial charge on any atom is 0.228 e. The summed E-state index contributed by atoms with van der Waals surface area (Å²) in [6.07, 6.45) is 0. The number of fused-ring (bicyclic) bond motifs is 1. The lowest BCUT2D eigenvalue weighted by atomic mass is 10.1. The number of nitrogen functional groups attached to an aromatic ring is 1. The Morgan fingerprint density at radius 1 is 0.970 bits per heavy atom. The SMILES string of the molecule is COc1ccc(-n2nc3nc(N4CCN(C(C)=O)CC4)nc(-c4ccccc4)c3c2N)cc1. The molecule has 33 heavy (non-hydrogen) atoms. The average Bonchev–Trinajstić information content (AvgIpc) is 3.20. The zero-order valence-electron chi connectivity index (χ0n) is 18.6. The van der Waals surface area contributed by atoms with E-state index in [0.717, 1.165) is 22.7 Å². The van der Waals surface area contributed by atoms with Gasteiger partial charge >= 0.3 is 0 Å². The Kier molecular flexibility index (Phi) is 5.29. The standard InChI is InChI=1S/C24H25N7O2/c1-16(32)29-12-14-30(15-13-29)24-26-21(17-6-4-3-5-7-17)20-22(25)31(28-23(20)27-24)18-8-10-19(33-2)11-9-18/h3-11H,12-15,25H2,1-2H3. The predicted molar refractivity (Wildman–Crippen MR) is 128 cm³/mol. The molecule has 9 heteroatoms. The van der Waals surface area contributed by atoms with E-state index in [1.165, 1.54) is 0 Å². The molecule has 0 aliphatic carbocycles. The monoisotopic (exact) mass is 443 g/mol. The number of ether oxygens (including phenoxy) is 1. The molecule has 2 aromatic carbocycles. The molecule has 0 unspecified atom stereocenters. The molecule has 3 heterocycles. The molecule has 4 aromatic rings. The average molecular weight is 444 g/mol. The van der Waals surface area contributed by atoms with E-state index in [0.29, 0.717) is 49.0 Å². The van der Waals surface area contributed by atoms with Gasteiger partial charge in [0.2, 0.25) is 11.9 Å². The van der Waals surface area contributed by atoms with Gasteiger partial charge < -0.3 is 20.3 Å². The van der Waals surface area contributed by atoms with Crippen LogP contribution >= 0.6 is 0 Å². The van der Waals surface area contributed by atoms with E-state index in [9.17, 15) is 4.79 Å². The minimum atomic E-state index is 0.0852. The Morgan fingerprint density at radius 2 is 1.67 bits per heavy atom. The van der Waals surface area contributed by atoms with E-state index in [2.05, 4.69) is 4.90 Å². The summed E-state index contributed by atoms with van der Waals surface area (Å²) in [6, 6.07) is 17.4. The highest BCUT2D eigenvalue weighted by atomic mass is 16.5. The number of anilines is 2. The van der Waals surface area contributed by atoms with Gasteiger partial charge in [-0.3, -0.25) is 4.79 Å². The van der Waals surface area contributed by atoms with Crippen LogP contribution in [0.2, 0.25) is 0 Å². The molecule has 1 aliphatic heterocycles. The van der Waals surface area contributed by atoms with Crippen LogP contribution in [0.1, 0.15) is 6.92 Å². The van der Waals surface area contributed by atoms with Gasteiger partial charge in [-0.25, -0.2) is 9.67 Å². The molecule has 0 radical (unpaired) electrons. The third-order valence-corrected chi connectivity index (χ3v) is 5.93. The summed E-state index contributed by atoms with van der Waals surface area (Å²) < 4.78 is 6.95. The molecular weight excluding hydrogens is 418 g/mol. The van der Waals surface area contributed by atoms with Crippen molar-refractivity contribution in [1.29, 1.82) is 0 Å². The van der Waals surface area contributed by atoms with Crippen LogP contribution < -0.4 is 15.4 Å². The van der Waals surface area contributed by atoms with Gasteiger partial charge in [0.25, 0.3) is 0 Å². The fourth-order valence-electron chi connectivity index (χ4n) is 4.09. The number of rotatable bonds is 4. The summed E-state index contributed by atoms with van der Waals surface area (Å²) in [5.74, 6) is 1.90. The highest BCUT2D eigenvalue weighted by molar-refractivity contribution is 5.99. The summed E-state index contributed by atoms with van der Waals surface area (Å²) in [7, 11) is 1.63. The number of carbonyl (C=O) groups excluding carboxylic acids is 1. The van der Waals surface area contributed by atoms with E-state index < -0.39 is 0 Å². The third-order valence-electron chi connectivity index (χ3n) is 5.93. The van der Waals surface area contributed by atoms with Crippen molar-refractivity contribution < 1.29 is 9.53 Å². The first-order chi connectivity index (χ1) is 16.0. The van der Waals surface area contributed by atoms with Crippen LogP contribution in [0.5, 0.6) is 5.75 Å². The van der Waals surface area contributed by atoms with Gasteiger partial charge in [0, 0.05) is 38.7 Å². The van der Waals surface area contributed by atoms with E-state index in [1.54, 1.807) is 18.7 Å². The van der Waals surface area contributed by atoms with E-state index >= 15 is 0 Å². The summed E-state index contributed by atoms with van der Waals surface area (Å²) in [6.45, 7) is 4.20. The predicted octanol–water partition coefficient (Wildman–Crippen LogP) is 2.74. The van der Waals surface area contributed by atoms with Gasteiger partial charge in [-0.2, -0.15) is 4.98 Å². The van der Waals surface area contributed by atoms with Crippen molar-refractivity contribution in [1.82, 2.24) is 24.6 Å².